The zero-order chi connectivity index (χ0) is 29.0. The van der Waals surface area contributed by atoms with Crippen LogP contribution in [0.2, 0.25) is 0 Å². The van der Waals surface area contributed by atoms with Gasteiger partial charge in [-0.05, 0) is 64.7 Å². The second kappa shape index (κ2) is 9.99. The number of hydrogen-bond donors (Lipinski definition) is 1. The number of imide groups is 1. The molecular formula is C34H26N2O6. The van der Waals surface area contributed by atoms with Gasteiger partial charge in [-0.25, -0.2) is 9.69 Å². The van der Waals surface area contributed by atoms with E-state index < -0.39 is 30.3 Å². The number of esters is 1. The van der Waals surface area contributed by atoms with E-state index in [9.17, 15) is 19.2 Å². The van der Waals surface area contributed by atoms with Crippen molar-refractivity contribution in [2.24, 2.45) is 11.8 Å². The molecule has 0 saturated carbocycles. The van der Waals surface area contributed by atoms with Crippen molar-refractivity contribution in [3.8, 4) is 5.75 Å². The molecule has 1 fully saturated rings. The van der Waals surface area contributed by atoms with E-state index in [2.05, 4.69) is 29.6 Å². The van der Waals surface area contributed by atoms with Crippen molar-refractivity contribution in [3.05, 3.63) is 125 Å². The number of carbonyl (C=O) groups is 4. The van der Waals surface area contributed by atoms with Crippen LogP contribution in [0.3, 0.4) is 0 Å². The second-order valence-corrected chi connectivity index (χ2v) is 10.7. The summed E-state index contributed by atoms with van der Waals surface area (Å²) < 4.78 is 10.3. The first-order valence-electron chi connectivity index (χ1n) is 13.7. The molecule has 2 bridgehead atoms. The van der Waals surface area contributed by atoms with Crippen LogP contribution in [0.4, 0.5) is 11.4 Å². The van der Waals surface area contributed by atoms with E-state index in [1.54, 1.807) is 43.5 Å². The Hall–Kier alpha value is -5.24. The zero-order valence-electron chi connectivity index (χ0n) is 22.7. The summed E-state index contributed by atoms with van der Waals surface area (Å²) in [6.45, 7) is -0.499. The lowest BCUT2D eigenvalue weighted by molar-refractivity contribution is -0.122. The Labute approximate surface area is 241 Å². The van der Waals surface area contributed by atoms with Gasteiger partial charge in [0.05, 0.1) is 30.2 Å². The lowest BCUT2D eigenvalue weighted by Crippen LogP contribution is -2.41. The van der Waals surface area contributed by atoms with Gasteiger partial charge in [0.1, 0.15) is 5.75 Å². The van der Waals surface area contributed by atoms with Crippen molar-refractivity contribution >= 4 is 35.1 Å². The van der Waals surface area contributed by atoms with Crippen LogP contribution >= 0.6 is 0 Å². The van der Waals surface area contributed by atoms with Crippen LogP contribution in [0.5, 0.6) is 5.75 Å². The molecule has 1 N–H and O–H groups in total. The molecule has 8 nitrogen and oxygen atoms in total. The highest BCUT2D eigenvalue weighted by Crippen LogP contribution is 2.61. The Kier molecular flexibility index (Phi) is 6.12. The van der Waals surface area contributed by atoms with Crippen molar-refractivity contribution < 1.29 is 28.7 Å². The number of amides is 3. The van der Waals surface area contributed by atoms with E-state index in [0.29, 0.717) is 17.1 Å². The van der Waals surface area contributed by atoms with Crippen LogP contribution in [0.1, 0.15) is 44.4 Å². The summed E-state index contributed by atoms with van der Waals surface area (Å²) in [5.41, 5.74) is 5.35. The summed E-state index contributed by atoms with van der Waals surface area (Å²) in [6, 6.07) is 29.1. The van der Waals surface area contributed by atoms with Crippen molar-refractivity contribution in [1.82, 2.24) is 0 Å². The largest absolute Gasteiger partial charge is 0.497 e. The molecule has 3 aliphatic carbocycles. The highest BCUT2D eigenvalue weighted by atomic mass is 16.5. The highest BCUT2D eigenvalue weighted by Gasteiger charge is 2.61. The first-order chi connectivity index (χ1) is 20.5. The average molecular weight is 559 g/mol. The van der Waals surface area contributed by atoms with Crippen LogP contribution in [0, 0.1) is 11.8 Å². The number of nitrogens with zero attached hydrogens (tertiary/aromatic N) is 1. The highest BCUT2D eigenvalue weighted by molar-refractivity contribution is 6.23. The Morgan fingerprint density at radius 1 is 0.738 bits per heavy atom. The number of benzene rings is 4. The van der Waals surface area contributed by atoms with Crippen LogP contribution in [-0.2, 0) is 19.1 Å². The Bertz CT molecular complexity index is 1650. The minimum Gasteiger partial charge on any atom is -0.497 e. The lowest BCUT2D eigenvalue weighted by Gasteiger charge is -2.45. The third-order valence-electron chi connectivity index (χ3n) is 8.50. The van der Waals surface area contributed by atoms with Gasteiger partial charge in [0.25, 0.3) is 5.91 Å². The smallest absolute Gasteiger partial charge is 0.338 e. The van der Waals surface area contributed by atoms with Crippen molar-refractivity contribution in [1.29, 1.82) is 0 Å². The molecule has 208 valence electrons. The summed E-state index contributed by atoms with van der Waals surface area (Å²) in [6.07, 6.45) is 0. The minimum atomic E-state index is -0.738. The molecule has 0 aromatic heterocycles. The van der Waals surface area contributed by atoms with Gasteiger partial charge in [0, 0.05) is 17.5 Å². The first kappa shape index (κ1) is 25.7. The van der Waals surface area contributed by atoms with Crippen LogP contribution < -0.4 is 15.0 Å². The maximum Gasteiger partial charge on any atom is 0.338 e. The maximum atomic E-state index is 14.0. The first-order valence-corrected chi connectivity index (χ1v) is 13.7. The molecule has 4 aromatic rings. The molecule has 3 amide bonds. The van der Waals surface area contributed by atoms with Crippen molar-refractivity contribution in [3.63, 3.8) is 0 Å². The molecule has 1 heterocycles. The van der Waals surface area contributed by atoms with Gasteiger partial charge in [-0.2, -0.15) is 0 Å². The van der Waals surface area contributed by atoms with E-state index in [0.717, 1.165) is 22.3 Å². The molecule has 0 radical (unpaired) electrons. The molecule has 42 heavy (non-hydrogen) atoms. The second-order valence-electron chi connectivity index (χ2n) is 10.7. The molecule has 1 saturated heterocycles. The van der Waals surface area contributed by atoms with Gasteiger partial charge in [0.2, 0.25) is 11.8 Å². The Morgan fingerprint density at radius 3 is 1.81 bits per heavy atom. The van der Waals surface area contributed by atoms with Gasteiger partial charge in [-0.15, -0.1) is 0 Å². The van der Waals surface area contributed by atoms with Crippen LogP contribution in [-0.4, -0.2) is 37.4 Å². The predicted molar refractivity (Wildman–Crippen MR) is 154 cm³/mol. The standard InChI is InChI=1S/C34H26N2O6/c1-41-22-15-13-20(14-16-22)35-27(37)18-42-34(40)19-7-6-8-21(17-19)36-32(38)30-28-23-9-2-3-10-24(23)29(31(30)33(36)39)26-12-5-4-11-25(26)28/h2-17,28-31H,18H2,1H3,(H,35,37)/t28?,29?,30-,31+. The number of hydrogen-bond acceptors (Lipinski definition) is 6. The van der Waals surface area contributed by atoms with Crippen molar-refractivity contribution in [2.75, 3.05) is 23.9 Å². The molecule has 4 aromatic carbocycles. The summed E-state index contributed by atoms with van der Waals surface area (Å²) in [4.78, 5) is 54.4. The van der Waals surface area contributed by atoms with Gasteiger partial charge < -0.3 is 14.8 Å². The van der Waals surface area contributed by atoms with E-state index in [4.69, 9.17) is 9.47 Å². The fraction of sp³-hybridized carbons (Fsp3) is 0.176. The number of methoxy groups -OCH3 is 1. The van der Waals surface area contributed by atoms with Gasteiger partial charge in [0.15, 0.2) is 6.61 Å². The number of rotatable bonds is 6. The fourth-order valence-corrected chi connectivity index (χ4v) is 6.79. The van der Waals surface area contributed by atoms with Crippen LogP contribution in [0.15, 0.2) is 97.1 Å². The summed E-state index contributed by atoms with van der Waals surface area (Å²) in [5, 5.41) is 2.66. The van der Waals surface area contributed by atoms with Gasteiger partial charge >= 0.3 is 5.97 Å². The topological polar surface area (TPSA) is 102 Å². The summed E-state index contributed by atoms with van der Waals surface area (Å²) >= 11 is 0. The van der Waals surface area contributed by atoms with E-state index in [1.807, 2.05) is 24.3 Å². The molecule has 2 atom stereocenters. The molecule has 8 heteroatoms. The van der Waals surface area contributed by atoms with Gasteiger partial charge in [-0.3, -0.25) is 14.4 Å². The molecule has 4 aliphatic rings. The van der Waals surface area contributed by atoms with E-state index in [1.165, 1.54) is 17.0 Å². The minimum absolute atomic E-state index is 0.134. The van der Waals surface area contributed by atoms with Crippen molar-refractivity contribution in [2.45, 2.75) is 11.8 Å². The third kappa shape index (κ3) is 3.98. The predicted octanol–water partition coefficient (Wildman–Crippen LogP) is 4.89. The van der Waals surface area contributed by atoms with E-state index in [-0.39, 0.29) is 29.2 Å². The number of anilines is 2. The molecular weight excluding hydrogens is 532 g/mol. The van der Waals surface area contributed by atoms with Gasteiger partial charge in [-0.1, -0.05) is 54.6 Å². The Morgan fingerprint density at radius 2 is 1.29 bits per heavy atom. The number of nitrogens with one attached hydrogen (secondary N) is 1. The SMILES string of the molecule is COc1ccc(NC(=O)COC(=O)c2cccc(N3C(=O)[C@@H]4C5c6ccccc6C(c6ccccc65)[C@@H]4C3=O)c2)cc1. The lowest BCUT2D eigenvalue weighted by atomic mass is 9.55. The normalized spacial score (nSPS) is 21.3. The zero-order valence-corrected chi connectivity index (χ0v) is 22.7. The van der Waals surface area contributed by atoms with E-state index >= 15 is 0 Å². The Balaban J connectivity index is 1.11. The van der Waals surface area contributed by atoms with Crippen LogP contribution in [0.25, 0.3) is 0 Å². The average Bonchev–Trinajstić information content (AvgIpc) is 3.30. The molecule has 0 spiro atoms. The third-order valence-corrected chi connectivity index (χ3v) is 8.50. The maximum absolute atomic E-state index is 14.0. The molecule has 1 aliphatic heterocycles. The summed E-state index contributed by atoms with van der Waals surface area (Å²) in [7, 11) is 1.55. The quantitative estimate of drug-likeness (QED) is 0.267. The number of ether oxygens (including phenoxy) is 2. The fourth-order valence-electron chi connectivity index (χ4n) is 6.79. The summed E-state index contributed by atoms with van der Waals surface area (Å²) in [5.74, 6) is -2.62. The molecule has 0 unspecified atom stereocenters. The number of carbonyl (C=O) groups excluding carboxylic acids is 4. The monoisotopic (exact) mass is 558 g/mol. The molecule has 8 rings (SSSR count).